The van der Waals surface area contributed by atoms with Gasteiger partial charge < -0.3 is 5.11 Å². The summed E-state index contributed by atoms with van der Waals surface area (Å²) < 4.78 is 28.1. The third-order valence-electron chi connectivity index (χ3n) is 3.36. The van der Waals surface area contributed by atoms with Crippen LogP contribution < -0.4 is 4.72 Å². The number of hydrogen-bond donors (Lipinski definition) is 2. The van der Waals surface area contributed by atoms with Crippen LogP contribution in [0.3, 0.4) is 0 Å². The fourth-order valence-electron chi connectivity index (χ4n) is 2.34. The van der Waals surface area contributed by atoms with Crippen molar-refractivity contribution in [1.82, 2.24) is 9.03 Å². The summed E-state index contributed by atoms with van der Waals surface area (Å²) >= 11 is 0. The molecule has 6 nitrogen and oxygen atoms in total. The Morgan fingerprint density at radius 3 is 2.44 bits per heavy atom. The van der Waals surface area contributed by atoms with Crippen molar-refractivity contribution < 1.29 is 18.3 Å². The van der Waals surface area contributed by atoms with Crippen LogP contribution in [0.5, 0.6) is 0 Å². The van der Waals surface area contributed by atoms with Gasteiger partial charge in [0.25, 0.3) is 10.2 Å². The van der Waals surface area contributed by atoms with Crippen LogP contribution in [0, 0.1) is 5.92 Å². The van der Waals surface area contributed by atoms with Gasteiger partial charge in [-0.3, -0.25) is 4.79 Å². The fourth-order valence-corrected chi connectivity index (χ4v) is 3.79. The first-order chi connectivity index (χ1) is 8.49. The van der Waals surface area contributed by atoms with E-state index in [-0.39, 0.29) is 0 Å². The molecule has 0 bridgehead atoms. The van der Waals surface area contributed by atoms with Gasteiger partial charge in [0.05, 0.1) is 5.92 Å². The van der Waals surface area contributed by atoms with E-state index in [2.05, 4.69) is 4.72 Å². The zero-order valence-corrected chi connectivity index (χ0v) is 10.9. The number of piperidine rings is 1. The maximum Gasteiger partial charge on any atom is 0.310 e. The Morgan fingerprint density at radius 1 is 1.22 bits per heavy atom. The van der Waals surface area contributed by atoms with Crippen LogP contribution in [0.4, 0.5) is 0 Å². The lowest BCUT2D eigenvalue weighted by molar-refractivity contribution is -0.140. The van der Waals surface area contributed by atoms with Crippen LogP contribution in [0.25, 0.3) is 0 Å². The standard InChI is InChI=1S/C11H18N2O4S/c14-11(15)9-4-5-10(8-9)12-18(16,17)13-6-2-1-3-7-13/h4-5,9-10,12H,1-3,6-8H2,(H,14,15). The van der Waals surface area contributed by atoms with Crippen LogP contribution in [-0.4, -0.2) is 42.9 Å². The van der Waals surface area contributed by atoms with E-state index in [1.165, 1.54) is 4.31 Å². The first kappa shape index (κ1) is 13.5. The second kappa shape index (κ2) is 5.38. The lowest BCUT2D eigenvalue weighted by Gasteiger charge is -2.27. The van der Waals surface area contributed by atoms with Crippen LogP contribution in [-0.2, 0) is 15.0 Å². The molecule has 0 spiro atoms. The first-order valence-electron chi connectivity index (χ1n) is 6.17. The number of carboxylic acids is 1. The molecule has 2 N–H and O–H groups in total. The van der Waals surface area contributed by atoms with Crippen molar-refractivity contribution in [2.24, 2.45) is 5.92 Å². The Hall–Kier alpha value is -0.920. The number of nitrogens with zero attached hydrogens (tertiary/aromatic N) is 1. The zero-order chi connectivity index (χ0) is 13.2. The zero-order valence-electron chi connectivity index (χ0n) is 10.1. The van der Waals surface area contributed by atoms with E-state index in [0.29, 0.717) is 19.5 Å². The summed E-state index contributed by atoms with van der Waals surface area (Å²) in [5.41, 5.74) is 0. The molecule has 0 saturated carbocycles. The molecular weight excluding hydrogens is 256 g/mol. The van der Waals surface area contributed by atoms with Crippen LogP contribution in [0.1, 0.15) is 25.7 Å². The highest BCUT2D eigenvalue weighted by Crippen LogP contribution is 2.20. The van der Waals surface area contributed by atoms with Gasteiger partial charge in [0.15, 0.2) is 0 Å². The molecule has 2 rings (SSSR count). The molecule has 0 aromatic rings. The van der Waals surface area contributed by atoms with Crippen LogP contribution in [0.2, 0.25) is 0 Å². The molecule has 1 aliphatic heterocycles. The van der Waals surface area contributed by atoms with E-state index in [1.54, 1.807) is 12.2 Å². The Morgan fingerprint density at radius 2 is 1.89 bits per heavy atom. The highest BCUT2D eigenvalue weighted by molar-refractivity contribution is 7.87. The monoisotopic (exact) mass is 274 g/mol. The first-order valence-corrected chi connectivity index (χ1v) is 7.61. The quantitative estimate of drug-likeness (QED) is 0.724. The minimum absolute atomic E-state index is 0.294. The van der Waals surface area contributed by atoms with Gasteiger partial charge >= 0.3 is 5.97 Å². The lowest BCUT2D eigenvalue weighted by Crippen LogP contribution is -2.46. The molecule has 0 radical (unpaired) electrons. The molecular formula is C11H18N2O4S. The minimum Gasteiger partial charge on any atom is -0.481 e. The topological polar surface area (TPSA) is 86.7 Å². The summed E-state index contributed by atoms with van der Waals surface area (Å²) in [5, 5.41) is 8.84. The summed E-state index contributed by atoms with van der Waals surface area (Å²) in [5.74, 6) is -1.50. The van der Waals surface area contributed by atoms with Gasteiger partial charge in [0.2, 0.25) is 0 Å². The van der Waals surface area contributed by atoms with E-state index in [9.17, 15) is 13.2 Å². The molecule has 1 fully saturated rings. The van der Waals surface area contributed by atoms with Crippen molar-refractivity contribution in [2.75, 3.05) is 13.1 Å². The van der Waals surface area contributed by atoms with Crippen molar-refractivity contribution >= 4 is 16.2 Å². The maximum atomic E-state index is 12.1. The van der Waals surface area contributed by atoms with Gasteiger partial charge in [-0.1, -0.05) is 18.6 Å². The van der Waals surface area contributed by atoms with E-state index in [4.69, 9.17) is 5.11 Å². The second-order valence-electron chi connectivity index (χ2n) is 4.75. The summed E-state index contributed by atoms with van der Waals surface area (Å²) in [6.45, 7) is 1.10. The highest BCUT2D eigenvalue weighted by Gasteiger charge is 2.30. The number of aliphatic carboxylic acids is 1. The van der Waals surface area contributed by atoms with E-state index >= 15 is 0 Å². The molecule has 2 unspecified atom stereocenters. The predicted molar refractivity (Wildman–Crippen MR) is 66.2 cm³/mol. The number of nitrogens with one attached hydrogen (secondary N) is 1. The molecule has 2 aliphatic rings. The number of carbonyl (C=O) groups is 1. The van der Waals surface area contributed by atoms with E-state index in [0.717, 1.165) is 19.3 Å². The molecule has 2 atom stereocenters. The fraction of sp³-hybridized carbons (Fsp3) is 0.727. The Kier molecular flexibility index (Phi) is 4.04. The van der Waals surface area contributed by atoms with Crippen molar-refractivity contribution in [2.45, 2.75) is 31.7 Å². The third-order valence-corrected chi connectivity index (χ3v) is 5.00. The van der Waals surface area contributed by atoms with Crippen LogP contribution in [0.15, 0.2) is 12.2 Å². The summed E-state index contributed by atoms with van der Waals surface area (Å²) in [6, 6.07) is -0.405. The molecule has 0 amide bonds. The van der Waals surface area contributed by atoms with E-state index < -0.39 is 28.1 Å². The summed E-state index contributed by atoms with van der Waals surface area (Å²) in [4.78, 5) is 10.8. The van der Waals surface area contributed by atoms with E-state index in [1.807, 2.05) is 0 Å². The SMILES string of the molecule is O=C(O)C1C=CC(NS(=O)(=O)N2CCCCC2)C1. The number of carboxylic acid groups (broad SMARTS) is 1. The van der Waals surface area contributed by atoms with Crippen molar-refractivity contribution in [3.63, 3.8) is 0 Å². The van der Waals surface area contributed by atoms with Gasteiger partial charge in [0.1, 0.15) is 0 Å². The van der Waals surface area contributed by atoms with Gasteiger partial charge in [-0.25, -0.2) is 0 Å². The average Bonchev–Trinajstić information content (AvgIpc) is 2.78. The summed E-state index contributed by atoms with van der Waals surface area (Å²) in [7, 11) is -3.48. The normalized spacial score (nSPS) is 29.6. The van der Waals surface area contributed by atoms with Crippen LogP contribution >= 0.6 is 0 Å². The Bertz CT molecular complexity index is 440. The molecule has 7 heteroatoms. The molecule has 1 saturated heterocycles. The van der Waals surface area contributed by atoms with Gasteiger partial charge in [-0.15, -0.1) is 0 Å². The predicted octanol–water partition coefficient (Wildman–Crippen LogP) is 0.336. The van der Waals surface area contributed by atoms with Crippen molar-refractivity contribution in [3.8, 4) is 0 Å². The molecule has 1 aliphatic carbocycles. The van der Waals surface area contributed by atoms with Gasteiger partial charge in [-0.2, -0.15) is 17.4 Å². The summed E-state index contributed by atoms with van der Waals surface area (Å²) in [6.07, 6.45) is 6.31. The molecule has 0 aromatic heterocycles. The maximum absolute atomic E-state index is 12.1. The van der Waals surface area contributed by atoms with Gasteiger partial charge in [0, 0.05) is 19.1 Å². The van der Waals surface area contributed by atoms with Crippen molar-refractivity contribution in [3.05, 3.63) is 12.2 Å². The highest BCUT2D eigenvalue weighted by atomic mass is 32.2. The Labute approximate surface area is 107 Å². The molecule has 18 heavy (non-hydrogen) atoms. The van der Waals surface area contributed by atoms with Crippen molar-refractivity contribution in [1.29, 1.82) is 0 Å². The number of hydrogen-bond acceptors (Lipinski definition) is 3. The van der Waals surface area contributed by atoms with Gasteiger partial charge in [-0.05, 0) is 19.3 Å². The molecule has 1 heterocycles. The largest absolute Gasteiger partial charge is 0.481 e. The second-order valence-corrected chi connectivity index (χ2v) is 6.46. The number of rotatable bonds is 4. The third kappa shape index (κ3) is 3.09. The lowest BCUT2D eigenvalue weighted by atomic mass is 10.1. The Balaban J connectivity index is 1.93. The average molecular weight is 274 g/mol. The molecule has 102 valence electrons. The molecule has 0 aromatic carbocycles. The minimum atomic E-state index is -3.48. The smallest absolute Gasteiger partial charge is 0.310 e.